The maximum Gasteiger partial charge on any atom is 0.419 e. The summed E-state index contributed by atoms with van der Waals surface area (Å²) in [6, 6.07) is 2.82. The van der Waals surface area contributed by atoms with Gasteiger partial charge in [-0.15, -0.1) is 0 Å². The van der Waals surface area contributed by atoms with Crippen LogP contribution in [0.4, 0.5) is 17.6 Å². The predicted octanol–water partition coefficient (Wildman–Crippen LogP) is 2.40. The molecule has 2 N–H and O–H groups in total. The summed E-state index contributed by atoms with van der Waals surface area (Å²) in [4.78, 5) is 0. The zero-order valence-corrected chi connectivity index (χ0v) is 11.7. The molecule has 1 aromatic heterocycles. The summed E-state index contributed by atoms with van der Waals surface area (Å²) in [5.74, 6) is -1.30. The molecule has 2 aromatic rings. The van der Waals surface area contributed by atoms with Crippen molar-refractivity contribution >= 4 is 0 Å². The van der Waals surface area contributed by atoms with Gasteiger partial charge in [0.2, 0.25) is 0 Å². The van der Waals surface area contributed by atoms with Crippen LogP contribution in [-0.2, 0) is 19.8 Å². The van der Waals surface area contributed by atoms with Crippen LogP contribution in [0.25, 0.3) is 0 Å². The number of aliphatic hydroxyl groups is 1. The van der Waals surface area contributed by atoms with Crippen LogP contribution in [0.15, 0.2) is 30.6 Å². The molecule has 1 heterocycles. The first-order chi connectivity index (χ1) is 10.3. The fraction of sp³-hybridized carbons (Fsp3) is 0.357. The first-order valence-electron chi connectivity index (χ1n) is 6.50. The van der Waals surface area contributed by atoms with E-state index < -0.39 is 23.7 Å². The largest absolute Gasteiger partial charge is 0.419 e. The number of benzene rings is 1. The molecule has 0 radical (unpaired) electrons. The van der Waals surface area contributed by atoms with Crippen LogP contribution < -0.4 is 5.32 Å². The minimum Gasteiger partial charge on any atom is -0.387 e. The number of aryl methyl sites for hydroxylation is 1. The smallest absolute Gasteiger partial charge is 0.387 e. The summed E-state index contributed by atoms with van der Waals surface area (Å²) in [5.41, 5.74) is -0.406. The molecule has 0 fully saturated rings. The second-order valence-corrected chi connectivity index (χ2v) is 4.91. The van der Waals surface area contributed by atoms with E-state index in [1.54, 1.807) is 13.2 Å². The Bertz CT molecular complexity index is 639. The number of rotatable bonds is 5. The molecule has 0 saturated heterocycles. The number of nitrogens with one attached hydrogen (secondary N) is 1. The number of aliphatic hydroxyl groups excluding tert-OH is 1. The average Bonchev–Trinajstić information content (AvgIpc) is 2.86. The summed E-state index contributed by atoms with van der Waals surface area (Å²) in [5, 5.41) is 16.6. The van der Waals surface area contributed by atoms with Gasteiger partial charge in [-0.2, -0.15) is 18.3 Å². The van der Waals surface area contributed by atoms with Crippen molar-refractivity contribution in [2.45, 2.75) is 18.8 Å². The van der Waals surface area contributed by atoms with Gasteiger partial charge in [-0.3, -0.25) is 4.68 Å². The Morgan fingerprint density at radius 2 is 2.09 bits per heavy atom. The van der Waals surface area contributed by atoms with Gasteiger partial charge in [-0.05, 0) is 17.7 Å². The van der Waals surface area contributed by atoms with Crippen LogP contribution in [0.3, 0.4) is 0 Å². The quantitative estimate of drug-likeness (QED) is 0.833. The van der Waals surface area contributed by atoms with E-state index in [1.807, 2.05) is 0 Å². The highest BCUT2D eigenvalue weighted by molar-refractivity contribution is 5.27. The summed E-state index contributed by atoms with van der Waals surface area (Å²) in [7, 11) is 1.71. The van der Waals surface area contributed by atoms with Gasteiger partial charge in [-0.25, -0.2) is 4.39 Å². The van der Waals surface area contributed by atoms with Crippen molar-refractivity contribution < 1.29 is 22.7 Å². The van der Waals surface area contributed by atoms with Gasteiger partial charge >= 0.3 is 6.18 Å². The average molecular weight is 317 g/mol. The van der Waals surface area contributed by atoms with E-state index in [9.17, 15) is 22.7 Å². The van der Waals surface area contributed by atoms with Crippen molar-refractivity contribution in [3.63, 3.8) is 0 Å². The summed E-state index contributed by atoms with van der Waals surface area (Å²) >= 11 is 0. The maximum atomic E-state index is 13.1. The third kappa shape index (κ3) is 4.05. The Morgan fingerprint density at radius 3 is 2.68 bits per heavy atom. The summed E-state index contributed by atoms with van der Waals surface area (Å²) in [6.45, 7) is 0.227. The van der Waals surface area contributed by atoms with Crippen molar-refractivity contribution in [3.05, 3.63) is 53.1 Å². The van der Waals surface area contributed by atoms with Crippen LogP contribution >= 0.6 is 0 Å². The molecule has 120 valence electrons. The fourth-order valence-corrected chi connectivity index (χ4v) is 1.98. The van der Waals surface area contributed by atoms with Crippen molar-refractivity contribution in [2.75, 3.05) is 6.54 Å². The Morgan fingerprint density at radius 1 is 1.36 bits per heavy atom. The lowest BCUT2D eigenvalue weighted by atomic mass is 10.1. The Kier molecular flexibility index (Phi) is 4.82. The number of aromatic nitrogens is 2. The normalized spacial score (nSPS) is 13.4. The topological polar surface area (TPSA) is 50.1 Å². The van der Waals surface area contributed by atoms with Crippen molar-refractivity contribution in [2.24, 2.45) is 7.05 Å². The standard InChI is InChI=1S/C14H15F4N3O/c1-21-8-10(6-20-21)13(22)7-19-5-9-2-3-12(15)11(4-9)14(16,17)18/h2-4,6,8,13,19,22H,5,7H2,1H3/t13-/m1/s1. The Labute approximate surface area is 124 Å². The van der Waals surface area contributed by atoms with Crippen LogP contribution in [0.1, 0.15) is 22.8 Å². The Hall–Kier alpha value is -1.93. The number of hydrogen-bond acceptors (Lipinski definition) is 3. The molecule has 0 amide bonds. The number of alkyl halides is 3. The highest BCUT2D eigenvalue weighted by atomic mass is 19.4. The van der Waals surface area contributed by atoms with Crippen molar-refractivity contribution in [1.82, 2.24) is 15.1 Å². The molecule has 1 aromatic carbocycles. The first-order valence-corrected chi connectivity index (χ1v) is 6.50. The molecule has 0 bridgehead atoms. The molecule has 1 atom stereocenters. The van der Waals surface area contributed by atoms with E-state index in [2.05, 4.69) is 10.4 Å². The molecular weight excluding hydrogens is 302 g/mol. The van der Waals surface area contributed by atoms with E-state index in [-0.39, 0.29) is 18.7 Å². The van der Waals surface area contributed by atoms with E-state index in [0.717, 1.165) is 12.1 Å². The number of hydrogen-bond donors (Lipinski definition) is 2. The van der Waals surface area contributed by atoms with E-state index in [1.165, 1.54) is 16.9 Å². The summed E-state index contributed by atoms with van der Waals surface area (Å²) < 4.78 is 52.5. The zero-order chi connectivity index (χ0) is 16.3. The second-order valence-electron chi connectivity index (χ2n) is 4.91. The third-order valence-corrected chi connectivity index (χ3v) is 3.11. The van der Waals surface area contributed by atoms with Gasteiger partial charge in [0.25, 0.3) is 0 Å². The summed E-state index contributed by atoms with van der Waals surface area (Å²) in [6.07, 6.45) is -2.40. The van der Waals surface area contributed by atoms with E-state index in [0.29, 0.717) is 5.56 Å². The predicted molar refractivity (Wildman–Crippen MR) is 71.3 cm³/mol. The lowest BCUT2D eigenvalue weighted by Gasteiger charge is -2.12. The van der Waals surface area contributed by atoms with Gasteiger partial charge in [0, 0.05) is 31.9 Å². The Balaban J connectivity index is 1.95. The van der Waals surface area contributed by atoms with Gasteiger partial charge in [0.15, 0.2) is 0 Å². The van der Waals surface area contributed by atoms with Gasteiger partial charge < -0.3 is 10.4 Å². The molecule has 0 saturated carbocycles. The maximum absolute atomic E-state index is 13.1. The van der Waals surface area contributed by atoms with E-state index >= 15 is 0 Å². The van der Waals surface area contributed by atoms with Crippen LogP contribution in [0.5, 0.6) is 0 Å². The fourth-order valence-electron chi connectivity index (χ4n) is 1.98. The number of halogens is 4. The van der Waals surface area contributed by atoms with Crippen LogP contribution in [0.2, 0.25) is 0 Å². The van der Waals surface area contributed by atoms with Crippen LogP contribution in [0, 0.1) is 5.82 Å². The SMILES string of the molecule is Cn1cc([C@H](O)CNCc2ccc(F)c(C(F)(F)F)c2)cn1. The van der Waals surface area contributed by atoms with Gasteiger partial charge in [-0.1, -0.05) is 6.07 Å². The van der Waals surface area contributed by atoms with E-state index in [4.69, 9.17) is 0 Å². The van der Waals surface area contributed by atoms with Crippen molar-refractivity contribution in [1.29, 1.82) is 0 Å². The molecule has 4 nitrogen and oxygen atoms in total. The van der Waals surface area contributed by atoms with Gasteiger partial charge in [0.1, 0.15) is 5.82 Å². The number of nitrogens with zero attached hydrogens (tertiary/aromatic N) is 2. The lowest BCUT2D eigenvalue weighted by molar-refractivity contribution is -0.140. The highest BCUT2D eigenvalue weighted by Crippen LogP contribution is 2.31. The molecule has 0 unspecified atom stereocenters. The second kappa shape index (κ2) is 6.45. The monoisotopic (exact) mass is 317 g/mol. The molecule has 22 heavy (non-hydrogen) atoms. The molecule has 0 aliphatic rings. The minimum atomic E-state index is -4.73. The molecule has 8 heteroatoms. The lowest BCUT2D eigenvalue weighted by Crippen LogP contribution is -2.21. The third-order valence-electron chi connectivity index (χ3n) is 3.11. The first kappa shape index (κ1) is 16.4. The molecule has 0 spiro atoms. The van der Waals surface area contributed by atoms with Gasteiger partial charge in [0.05, 0.1) is 17.9 Å². The highest BCUT2D eigenvalue weighted by Gasteiger charge is 2.34. The molecular formula is C14H15F4N3O. The van der Waals surface area contributed by atoms with Crippen molar-refractivity contribution in [3.8, 4) is 0 Å². The molecule has 0 aliphatic heterocycles. The van der Waals surface area contributed by atoms with Crippen LogP contribution in [-0.4, -0.2) is 21.4 Å². The minimum absolute atomic E-state index is 0.0840. The molecule has 2 rings (SSSR count). The molecule has 0 aliphatic carbocycles. The zero-order valence-electron chi connectivity index (χ0n) is 11.7.